The minimum absolute atomic E-state index is 0.608. The normalized spacial score (nSPS) is 10.7. The van der Waals surface area contributed by atoms with E-state index >= 15 is 0 Å². The third kappa shape index (κ3) is 1.59. The molecule has 0 saturated carbocycles. The molecule has 0 atom stereocenters. The molecule has 0 aliphatic rings. The number of hydrogen-bond donors (Lipinski definition) is 1. The van der Waals surface area contributed by atoms with Crippen LogP contribution in [0.2, 0.25) is 0 Å². The predicted octanol–water partition coefficient (Wildman–Crippen LogP) is 2.32. The summed E-state index contributed by atoms with van der Waals surface area (Å²) >= 11 is 0. The molecule has 0 saturated heterocycles. The van der Waals surface area contributed by atoms with Gasteiger partial charge in [0.15, 0.2) is 0 Å². The van der Waals surface area contributed by atoms with Crippen molar-refractivity contribution in [2.75, 3.05) is 14.2 Å². The number of rotatable bonds is 3. The fraction of sp³-hybridized carbons (Fsp3) is 0.273. The molecule has 0 spiro atoms. The lowest BCUT2D eigenvalue weighted by molar-refractivity contribution is 0.182. The quantitative estimate of drug-likeness (QED) is 0.807. The van der Waals surface area contributed by atoms with Gasteiger partial charge in [0.1, 0.15) is 5.75 Å². The maximum absolute atomic E-state index is 5.14. The molecule has 14 heavy (non-hydrogen) atoms. The van der Waals surface area contributed by atoms with Crippen LogP contribution in [0.1, 0.15) is 5.69 Å². The standard InChI is InChI=1S/C11H13NO2/c1-13-7-9-5-8-3-4-10(14-2)6-11(8)12-9/h3-6,12H,7H2,1-2H3. The highest BCUT2D eigenvalue weighted by atomic mass is 16.5. The van der Waals surface area contributed by atoms with Crippen LogP contribution >= 0.6 is 0 Å². The number of methoxy groups -OCH3 is 2. The first-order valence-electron chi connectivity index (χ1n) is 4.48. The number of H-pyrrole nitrogens is 1. The lowest BCUT2D eigenvalue weighted by Gasteiger charge is -1.97. The smallest absolute Gasteiger partial charge is 0.120 e. The fourth-order valence-corrected chi connectivity index (χ4v) is 1.53. The van der Waals surface area contributed by atoms with Crippen molar-refractivity contribution in [3.8, 4) is 5.75 Å². The molecule has 0 radical (unpaired) electrons. The van der Waals surface area contributed by atoms with Gasteiger partial charge in [0.2, 0.25) is 0 Å². The van der Waals surface area contributed by atoms with Crippen LogP contribution in [0.3, 0.4) is 0 Å². The largest absolute Gasteiger partial charge is 0.497 e. The van der Waals surface area contributed by atoms with E-state index in [-0.39, 0.29) is 0 Å². The molecule has 0 fully saturated rings. The number of fused-ring (bicyclic) bond motifs is 1. The number of benzene rings is 1. The SMILES string of the molecule is COCc1cc2ccc(OC)cc2[nH]1. The van der Waals surface area contributed by atoms with Gasteiger partial charge in [-0.3, -0.25) is 0 Å². The minimum Gasteiger partial charge on any atom is -0.497 e. The zero-order valence-corrected chi connectivity index (χ0v) is 8.33. The van der Waals surface area contributed by atoms with Gasteiger partial charge in [0.25, 0.3) is 0 Å². The summed E-state index contributed by atoms with van der Waals surface area (Å²) < 4.78 is 10.2. The Bertz CT molecular complexity index is 434. The zero-order valence-electron chi connectivity index (χ0n) is 8.33. The van der Waals surface area contributed by atoms with Crippen molar-refractivity contribution in [2.24, 2.45) is 0 Å². The molecule has 1 aromatic heterocycles. The highest BCUT2D eigenvalue weighted by Crippen LogP contribution is 2.21. The van der Waals surface area contributed by atoms with Crippen molar-refractivity contribution < 1.29 is 9.47 Å². The molecule has 1 heterocycles. The molecule has 1 N–H and O–H groups in total. The van der Waals surface area contributed by atoms with Crippen LogP contribution in [0.4, 0.5) is 0 Å². The molecule has 0 amide bonds. The third-order valence-corrected chi connectivity index (χ3v) is 2.19. The highest BCUT2D eigenvalue weighted by Gasteiger charge is 2.01. The van der Waals surface area contributed by atoms with Crippen molar-refractivity contribution in [3.63, 3.8) is 0 Å². The van der Waals surface area contributed by atoms with E-state index in [4.69, 9.17) is 9.47 Å². The van der Waals surface area contributed by atoms with E-state index in [0.29, 0.717) is 6.61 Å². The first-order valence-corrected chi connectivity index (χ1v) is 4.48. The summed E-state index contributed by atoms with van der Waals surface area (Å²) in [5, 5.41) is 1.18. The van der Waals surface area contributed by atoms with Crippen molar-refractivity contribution in [2.45, 2.75) is 6.61 Å². The van der Waals surface area contributed by atoms with Gasteiger partial charge in [-0.25, -0.2) is 0 Å². The summed E-state index contributed by atoms with van der Waals surface area (Å²) in [6.45, 7) is 0.608. The molecule has 3 nitrogen and oxygen atoms in total. The molecule has 0 aliphatic heterocycles. The molecule has 74 valence electrons. The summed E-state index contributed by atoms with van der Waals surface area (Å²) in [5.41, 5.74) is 2.16. The summed E-state index contributed by atoms with van der Waals surface area (Å²) in [4.78, 5) is 3.27. The first kappa shape index (κ1) is 9.09. The van der Waals surface area contributed by atoms with Crippen LogP contribution < -0.4 is 4.74 Å². The van der Waals surface area contributed by atoms with Gasteiger partial charge in [-0.1, -0.05) is 0 Å². The first-order chi connectivity index (χ1) is 6.83. The van der Waals surface area contributed by atoms with Crippen LogP contribution in [0.15, 0.2) is 24.3 Å². The second-order valence-electron chi connectivity index (χ2n) is 3.18. The van der Waals surface area contributed by atoms with E-state index in [2.05, 4.69) is 11.1 Å². The van der Waals surface area contributed by atoms with Crippen LogP contribution in [0, 0.1) is 0 Å². The minimum atomic E-state index is 0.608. The Morgan fingerprint density at radius 2 is 2.07 bits per heavy atom. The van der Waals surface area contributed by atoms with Crippen molar-refractivity contribution in [1.29, 1.82) is 0 Å². The van der Waals surface area contributed by atoms with Crippen molar-refractivity contribution in [1.82, 2.24) is 4.98 Å². The lowest BCUT2D eigenvalue weighted by Crippen LogP contribution is -1.85. The molecule has 2 rings (SSSR count). The molecule has 3 heteroatoms. The van der Waals surface area contributed by atoms with Crippen LogP contribution in [0.5, 0.6) is 5.75 Å². The fourth-order valence-electron chi connectivity index (χ4n) is 1.53. The maximum atomic E-state index is 5.14. The number of aromatic nitrogens is 1. The number of ether oxygens (including phenoxy) is 2. The average molecular weight is 191 g/mol. The van der Waals surface area contributed by atoms with E-state index in [9.17, 15) is 0 Å². The Hall–Kier alpha value is -1.48. The van der Waals surface area contributed by atoms with E-state index in [1.807, 2.05) is 18.2 Å². The molecule has 0 aliphatic carbocycles. The molecule has 0 unspecified atom stereocenters. The third-order valence-electron chi connectivity index (χ3n) is 2.19. The van der Waals surface area contributed by atoms with Gasteiger partial charge in [-0.15, -0.1) is 0 Å². The molecule has 0 bridgehead atoms. The summed E-state index contributed by atoms with van der Waals surface area (Å²) in [5.74, 6) is 0.864. The van der Waals surface area contributed by atoms with Crippen LogP contribution in [0.25, 0.3) is 10.9 Å². The van der Waals surface area contributed by atoms with Gasteiger partial charge in [-0.05, 0) is 18.2 Å². The topological polar surface area (TPSA) is 34.2 Å². The van der Waals surface area contributed by atoms with Gasteiger partial charge in [-0.2, -0.15) is 0 Å². The van der Waals surface area contributed by atoms with E-state index in [1.165, 1.54) is 5.39 Å². The van der Waals surface area contributed by atoms with Crippen LogP contribution in [-0.2, 0) is 11.3 Å². The van der Waals surface area contributed by atoms with Crippen LogP contribution in [-0.4, -0.2) is 19.2 Å². The van der Waals surface area contributed by atoms with E-state index in [1.54, 1.807) is 14.2 Å². The van der Waals surface area contributed by atoms with Crippen molar-refractivity contribution in [3.05, 3.63) is 30.0 Å². The predicted molar refractivity (Wildman–Crippen MR) is 55.6 cm³/mol. The second-order valence-corrected chi connectivity index (χ2v) is 3.18. The Balaban J connectivity index is 2.43. The monoisotopic (exact) mass is 191 g/mol. The van der Waals surface area contributed by atoms with Gasteiger partial charge >= 0.3 is 0 Å². The lowest BCUT2D eigenvalue weighted by atomic mass is 10.2. The average Bonchev–Trinajstić information content (AvgIpc) is 2.59. The van der Waals surface area contributed by atoms with Gasteiger partial charge in [0.05, 0.1) is 13.7 Å². The Morgan fingerprint density at radius 3 is 2.79 bits per heavy atom. The van der Waals surface area contributed by atoms with Gasteiger partial charge < -0.3 is 14.5 Å². The Kier molecular flexibility index (Phi) is 2.41. The molecule has 2 aromatic rings. The Labute approximate surface area is 82.6 Å². The number of nitrogens with one attached hydrogen (secondary N) is 1. The number of hydrogen-bond acceptors (Lipinski definition) is 2. The Morgan fingerprint density at radius 1 is 1.21 bits per heavy atom. The summed E-state index contributed by atoms with van der Waals surface area (Å²) in [7, 11) is 3.35. The summed E-state index contributed by atoms with van der Waals surface area (Å²) in [6.07, 6.45) is 0. The van der Waals surface area contributed by atoms with E-state index < -0.39 is 0 Å². The zero-order chi connectivity index (χ0) is 9.97. The molecular weight excluding hydrogens is 178 g/mol. The maximum Gasteiger partial charge on any atom is 0.120 e. The second kappa shape index (κ2) is 3.72. The summed E-state index contributed by atoms with van der Waals surface area (Å²) in [6, 6.07) is 8.04. The van der Waals surface area contributed by atoms with E-state index in [0.717, 1.165) is 17.0 Å². The van der Waals surface area contributed by atoms with Gasteiger partial charge in [0, 0.05) is 29.8 Å². The molecular formula is C11H13NO2. The number of aromatic amines is 1. The van der Waals surface area contributed by atoms with Crippen molar-refractivity contribution >= 4 is 10.9 Å². The highest BCUT2D eigenvalue weighted by molar-refractivity contribution is 5.81. The molecule has 1 aromatic carbocycles.